The van der Waals surface area contributed by atoms with E-state index in [1.54, 1.807) is 0 Å². The third-order valence-corrected chi connectivity index (χ3v) is 5.63. The Morgan fingerprint density at radius 1 is 0.444 bits per heavy atom. The first kappa shape index (κ1) is 26.5. The normalized spacial score (nSPS) is 11.5. The van der Waals surface area contributed by atoms with Crippen LogP contribution in [-0.4, -0.2) is 6.54 Å². The van der Waals surface area contributed by atoms with Crippen LogP contribution >= 0.6 is 0 Å². The number of rotatable bonds is 23. The third kappa shape index (κ3) is 25.5. The molecule has 1 nitrogen and oxygen atoms in total. The molecule has 0 aromatic rings. The van der Waals surface area contributed by atoms with Gasteiger partial charge in [0.15, 0.2) is 0 Å². The van der Waals surface area contributed by atoms with Gasteiger partial charge >= 0.3 is 0 Å². The van der Waals surface area contributed by atoms with E-state index in [-0.39, 0.29) is 0 Å². The highest BCUT2D eigenvalue weighted by molar-refractivity contribution is 4.79. The molecule has 0 fully saturated rings. The van der Waals surface area contributed by atoms with Gasteiger partial charge in [0.25, 0.3) is 0 Å². The average molecular weight is 380 g/mol. The second kappa shape index (κ2) is 25.5. The highest BCUT2D eigenvalue weighted by Gasteiger charge is 1.94. The third-order valence-electron chi connectivity index (χ3n) is 5.63. The van der Waals surface area contributed by atoms with Gasteiger partial charge in [0.2, 0.25) is 0 Å². The number of nitrogens with one attached hydrogen (secondary N) is 1. The summed E-state index contributed by atoms with van der Waals surface area (Å²) in [4.78, 5) is 0. The van der Waals surface area contributed by atoms with Crippen molar-refractivity contribution in [3.63, 3.8) is 0 Å². The second-order valence-electron chi connectivity index (χ2n) is 8.51. The molecule has 1 heteroatoms. The summed E-state index contributed by atoms with van der Waals surface area (Å²) in [6.07, 6.45) is 34.3. The molecule has 0 aliphatic rings. The SMILES string of the molecule is CCCCCCCCCCCCCCCCC=CNCCCCCCCC. The van der Waals surface area contributed by atoms with Crippen LogP contribution in [0.1, 0.15) is 149 Å². The summed E-state index contributed by atoms with van der Waals surface area (Å²) in [5.74, 6) is 0. The summed E-state index contributed by atoms with van der Waals surface area (Å²) >= 11 is 0. The van der Waals surface area contributed by atoms with Crippen LogP contribution in [0.5, 0.6) is 0 Å². The van der Waals surface area contributed by atoms with Gasteiger partial charge in [-0.1, -0.05) is 135 Å². The quantitative estimate of drug-likeness (QED) is 0.174. The molecule has 0 spiro atoms. The molecule has 0 rings (SSSR count). The summed E-state index contributed by atoms with van der Waals surface area (Å²) in [6, 6.07) is 0. The maximum Gasteiger partial charge on any atom is 0.0141 e. The first-order valence-corrected chi connectivity index (χ1v) is 12.8. The Morgan fingerprint density at radius 3 is 1.26 bits per heavy atom. The lowest BCUT2D eigenvalue weighted by Gasteiger charge is -2.03. The molecular weight excluding hydrogens is 326 g/mol. The summed E-state index contributed by atoms with van der Waals surface area (Å²) in [7, 11) is 0. The van der Waals surface area contributed by atoms with Crippen molar-refractivity contribution in [2.24, 2.45) is 0 Å². The van der Waals surface area contributed by atoms with E-state index in [1.165, 1.54) is 135 Å². The van der Waals surface area contributed by atoms with E-state index in [2.05, 4.69) is 31.4 Å². The van der Waals surface area contributed by atoms with Gasteiger partial charge in [-0.05, 0) is 25.5 Å². The van der Waals surface area contributed by atoms with Crippen molar-refractivity contribution in [1.82, 2.24) is 5.32 Å². The Bertz CT molecular complexity index is 271. The minimum atomic E-state index is 1.15. The van der Waals surface area contributed by atoms with Crippen molar-refractivity contribution >= 4 is 0 Å². The van der Waals surface area contributed by atoms with Crippen LogP contribution in [-0.2, 0) is 0 Å². The predicted octanol–water partition coefficient (Wildman–Crippen LogP) is 9.32. The van der Waals surface area contributed by atoms with Crippen LogP contribution in [0.4, 0.5) is 0 Å². The second-order valence-corrected chi connectivity index (χ2v) is 8.51. The largest absolute Gasteiger partial charge is 0.391 e. The van der Waals surface area contributed by atoms with Crippen LogP contribution in [0.15, 0.2) is 12.3 Å². The van der Waals surface area contributed by atoms with Gasteiger partial charge in [-0.25, -0.2) is 0 Å². The molecule has 0 aromatic heterocycles. The van der Waals surface area contributed by atoms with E-state index in [0.29, 0.717) is 0 Å². The molecular formula is C26H53N. The molecule has 0 aromatic carbocycles. The number of allylic oxidation sites excluding steroid dienone is 1. The van der Waals surface area contributed by atoms with Crippen LogP contribution < -0.4 is 5.32 Å². The van der Waals surface area contributed by atoms with Crippen molar-refractivity contribution in [3.05, 3.63) is 12.3 Å². The van der Waals surface area contributed by atoms with Crippen LogP contribution in [0.3, 0.4) is 0 Å². The van der Waals surface area contributed by atoms with Crippen LogP contribution in [0, 0.1) is 0 Å². The van der Waals surface area contributed by atoms with Crippen LogP contribution in [0.2, 0.25) is 0 Å². The zero-order valence-corrected chi connectivity index (χ0v) is 19.2. The van der Waals surface area contributed by atoms with E-state index in [9.17, 15) is 0 Å². The molecule has 0 bridgehead atoms. The van der Waals surface area contributed by atoms with Crippen molar-refractivity contribution in [2.45, 2.75) is 149 Å². The number of unbranched alkanes of at least 4 members (excludes halogenated alkanes) is 19. The molecule has 0 aliphatic heterocycles. The Labute approximate surface area is 173 Å². The summed E-state index contributed by atoms with van der Waals surface area (Å²) in [5.41, 5.74) is 0. The van der Waals surface area contributed by atoms with Gasteiger partial charge in [-0.2, -0.15) is 0 Å². The lowest BCUT2D eigenvalue weighted by Crippen LogP contribution is -2.06. The molecule has 27 heavy (non-hydrogen) atoms. The van der Waals surface area contributed by atoms with Crippen LogP contribution in [0.25, 0.3) is 0 Å². The van der Waals surface area contributed by atoms with Gasteiger partial charge in [0, 0.05) is 6.54 Å². The Hall–Kier alpha value is -0.460. The average Bonchev–Trinajstić information content (AvgIpc) is 2.68. The van der Waals surface area contributed by atoms with Gasteiger partial charge < -0.3 is 5.32 Å². The molecule has 0 radical (unpaired) electrons. The molecule has 0 aliphatic carbocycles. The molecule has 1 N–H and O–H groups in total. The lowest BCUT2D eigenvalue weighted by atomic mass is 10.0. The monoisotopic (exact) mass is 379 g/mol. The first-order valence-electron chi connectivity index (χ1n) is 12.8. The maximum atomic E-state index is 3.45. The van der Waals surface area contributed by atoms with Crippen molar-refractivity contribution < 1.29 is 0 Å². The van der Waals surface area contributed by atoms with E-state index in [1.807, 2.05) is 0 Å². The lowest BCUT2D eigenvalue weighted by molar-refractivity contribution is 0.536. The topological polar surface area (TPSA) is 12.0 Å². The van der Waals surface area contributed by atoms with E-state index >= 15 is 0 Å². The molecule has 162 valence electrons. The Morgan fingerprint density at radius 2 is 0.815 bits per heavy atom. The van der Waals surface area contributed by atoms with Crippen molar-refractivity contribution in [1.29, 1.82) is 0 Å². The first-order chi connectivity index (χ1) is 13.4. The number of hydrogen-bond acceptors (Lipinski definition) is 1. The van der Waals surface area contributed by atoms with Gasteiger partial charge in [-0.3, -0.25) is 0 Å². The Kier molecular flexibility index (Phi) is 25.1. The molecule has 0 saturated heterocycles. The molecule has 0 saturated carbocycles. The van der Waals surface area contributed by atoms with Gasteiger partial charge in [0.1, 0.15) is 0 Å². The fraction of sp³-hybridized carbons (Fsp3) is 0.923. The standard InChI is InChI=1S/C26H53N/c1-3-5-7-9-11-12-13-14-15-16-17-18-19-20-22-24-26-27-25-23-21-10-8-6-4-2/h24,26-27H,3-23,25H2,1-2H3. The molecule has 0 atom stereocenters. The molecule has 0 amide bonds. The summed E-state index contributed by atoms with van der Waals surface area (Å²) in [6.45, 7) is 5.73. The van der Waals surface area contributed by atoms with Gasteiger partial charge in [-0.15, -0.1) is 0 Å². The Balaban J connectivity index is 3.04. The number of hydrogen-bond donors (Lipinski definition) is 1. The predicted molar refractivity (Wildman–Crippen MR) is 125 cm³/mol. The minimum Gasteiger partial charge on any atom is -0.391 e. The smallest absolute Gasteiger partial charge is 0.0141 e. The van der Waals surface area contributed by atoms with E-state index in [0.717, 1.165) is 6.54 Å². The van der Waals surface area contributed by atoms with Crippen molar-refractivity contribution in [2.75, 3.05) is 6.54 Å². The molecule has 0 unspecified atom stereocenters. The van der Waals surface area contributed by atoms with E-state index in [4.69, 9.17) is 0 Å². The molecule has 0 heterocycles. The fourth-order valence-corrected chi connectivity index (χ4v) is 3.71. The highest BCUT2D eigenvalue weighted by Crippen LogP contribution is 2.13. The minimum absolute atomic E-state index is 1.15. The fourth-order valence-electron chi connectivity index (χ4n) is 3.71. The maximum absolute atomic E-state index is 3.45. The summed E-state index contributed by atoms with van der Waals surface area (Å²) < 4.78 is 0. The van der Waals surface area contributed by atoms with E-state index < -0.39 is 0 Å². The van der Waals surface area contributed by atoms with Gasteiger partial charge in [0.05, 0.1) is 0 Å². The summed E-state index contributed by atoms with van der Waals surface area (Å²) in [5, 5.41) is 3.45. The zero-order chi connectivity index (χ0) is 19.7. The highest BCUT2D eigenvalue weighted by atomic mass is 14.8. The zero-order valence-electron chi connectivity index (χ0n) is 19.2. The van der Waals surface area contributed by atoms with Crippen molar-refractivity contribution in [3.8, 4) is 0 Å².